The van der Waals surface area contributed by atoms with E-state index in [1.807, 2.05) is 18.0 Å². The van der Waals surface area contributed by atoms with Crippen LogP contribution in [-0.4, -0.2) is 36.4 Å². The van der Waals surface area contributed by atoms with Crippen LogP contribution in [0.4, 0.5) is 0 Å². The standard InChI is InChI=1S/C12H19NO3/c1-12(2,3)10-6-5-9(11(14)15)7-16-8-13(10)4/h5-6H,7-8H2,1-4H3,(H,14,15)/b9-5+,10-6?. The summed E-state index contributed by atoms with van der Waals surface area (Å²) in [6.07, 6.45) is 3.49. The first-order valence-electron chi connectivity index (χ1n) is 5.26. The van der Waals surface area contributed by atoms with Crippen LogP contribution in [0.3, 0.4) is 0 Å². The molecule has 0 fully saturated rings. The molecule has 4 heteroatoms. The summed E-state index contributed by atoms with van der Waals surface area (Å²) < 4.78 is 5.32. The third kappa shape index (κ3) is 3.10. The molecule has 0 unspecified atom stereocenters. The maximum absolute atomic E-state index is 10.9. The number of carboxylic acids is 1. The molecule has 0 atom stereocenters. The van der Waals surface area contributed by atoms with E-state index in [1.54, 1.807) is 6.08 Å². The van der Waals surface area contributed by atoms with Gasteiger partial charge in [0.05, 0.1) is 12.2 Å². The monoisotopic (exact) mass is 225 g/mol. The van der Waals surface area contributed by atoms with Crippen molar-refractivity contribution in [3.8, 4) is 0 Å². The lowest BCUT2D eigenvalue weighted by Gasteiger charge is -2.33. The molecule has 0 saturated heterocycles. The summed E-state index contributed by atoms with van der Waals surface area (Å²) in [6, 6.07) is 0. The van der Waals surface area contributed by atoms with Gasteiger partial charge in [0.25, 0.3) is 0 Å². The Morgan fingerprint density at radius 1 is 1.44 bits per heavy atom. The Hall–Kier alpha value is -1.29. The largest absolute Gasteiger partial charge is 0.478 e. The lowest BCUT2D eigenvalue weighted by Crippen LogP contribution is -2.30. The molecule has 90 valence electrons. The Balaban J connectivity index is 3.06. The minimum atomic E-state index is -0.922. The summed E-state index contributed by atoms with van der Waals surface area (Å²) in [4.78, 5) is 12.9. The van der Waals surface area contributed by atoms with Crippen LogP contribution < -0.4 is 0 Å². The van der Waals surface area contributed by atoms with Crippen molar-refractivity contribution < 1.29 is 14.6 Å². The van der Waals surface area contributed by atoms with Gasteiger partial charge < -0.3 is 14.7 Å². The van der Waals surface area contributed by atoms with Crippen molar-refractivity contribution in [3.05, 3.63) is 23.4 Å². The van der Waals surface area contributed by atoms with Gasteiger partial charge in [-0.15, -0.1) is 0 Å². The molecule has 0 bridgehead atoms. The van der Waals surface area contributed by atoms with Gasteiger partial charge in [-0.25, -0.2) is 4.79 Å². The van der Waals surface area contributed by atoms with Crippen molar-refractivity contribution in [2.24, 2.45) is 5.41 Å². The highest BCUT2D eigenvalue weighted by atomic mass is 16.5. The number of aliphatic carboxylic acids is 1. The van der Waals surface area contributed by atoms with E-state index in [4.69, 9.17) is 9.84 Å². The molecule has 0 aromatic rings. The summed E-state index contributed by atoms with van der Waals surface area (Å²) in [6.45, 7) is 6.82. The average molecular weight is 225 g/mol. The first kappa shape index (κ1) is 12.8. The fourth-order valence-corrected chi connectivity index (χ4v) is 1.67. The molecule has 1 aliphatic rings. The zero-order valence-corrected chi connectivity index (χ0v) is 10.3. The highest BCUT2D eigenvalue weighted by Crippen LogP contribution is 2.28. The number of hydrogen-bond donors (Lipinski definition) is 1. The molecule has 0 aliphatic carbocycles. The van der Waals surface area contributed by atoms with Gasteiger partial charge in [0.15, 0.2) is 0 Å². The van der Waals surface area contributed by atoms with E-state index in [9.17, 15) is 4.79 Å². The van der Waals surface area contributed by atoms with Crippen molar-refractivity contribution >= 4 is 5.97 Å². The summed E-state index contributed by atoms with van der Waals surface area (Å²) >= 11 is 0. The lowest BCUT2D eigenvalue weighted by molar-refractivity contribution is -0.133. The molecule has 1 rings (SSSR count). The Morgan fingerprint density at radius 3 is 2.56 bits per heavy atom. The summed E-state index contributed by atoms with van der Waals surface area (Å²) in [5.74, 6) is -0.922. The Bertz CT molecular complexity index is 337. The smallest absolute Gasteiger partial charge is 0.333 e. The number of ether oxygens (including phenoxy) is 1. The molecule has 16 heavy (non-hydrogen) atoms. The maximum Gasteiger partial charge on any atom is 0.333 e. The van der Waals surface area contributed by atoms with Crippen LogP contribution in [0.2, 0.25) is 0 Å². The SMILES string of the molecule is CN1COC/C(C(=O)O)=C\C=C1C(C)(C)C. The second-order valence-electron chi connectivity index (χ2n) is 4.97. The number of nitrogens with zero attached hydrogens (tertiary/aromatic N) is 1. The molecule has 0 saturated carbocycles. The number of hydrogen-bond acceptors (Lipinski definition) is 3. The molecule has 1 N–H and O–H groups in total. The van der Waals surface area contributed by atoms with E-state index in [0.717, 1.165) is 5.70 Å². The third-order valence-electron chi connectivity index (χ3n) is 2.44. The van der Waals surface area contributed by atoms with Crippen molar-refractivity contribution in [2.45, 2.75) is 20.8 Å². The van der Waals surface area contributed by atoms with Crippen LogP contribution >= 0.6 is 0 Å². The summed E-state index contributed by atoms with van der Waals surface area (Å²) in [5, 5.41) is 8.92. The molecule has 0 spiro atoms. The average Bonchev–Trinajstić information content (AvgIpc) is 2.08. The zero-order valence-electron chi connectivity index (χ0n) is 10.3. The van der Waals surface area contributed by atoms with Gasteiger partial charge in [0.1, 0.15) is 6.73 Å². The Morgan fingerprint density at radius 2 is 2.06 bits per heavy atom. The van der Waals surface area contributed by atoms with Crippen LogP contribution in [0.15, 0.2) is 23.4 Å². The highest BCUT2D eigenvalue weighted by Gasteiger charge is 2.22. The van der Waals surface area contributed by atoms with Crippen LogP contribution in [-0.2, 0) is 9.53 Å². The predicted molar refractivity (Wildman–Crippen MR) is 61.8 cm³/mol. The molecule has 1 aliphatic heterocycles. The van der Waals surface area contributed by atoms with Gasteiger partial charge in [0.2, 0.25) is 0 Å². The quantitative estimate of drug-likeness (QED) is 0.740. The molecular formula is C12H19NO3. The highest BCUT2D eigenvalue weighted by molar-refractivity contribution is 5.87. The number of rotatable bonds is 1. The van der Waals surface area contributed by atoms with E-state index in [2.05, 4.69) is 20.8 Å². The maximum atomic E-state index is 10.9. The van der Waals surface area contributed by atoms with E-state index >= 15 is 0 Å². The minimum absolute atomic E-state index is 0.0322. The van der Waals surface area contributed by atoms with Gasteiger partial charge in [-0.3, -0.25) is 0 Å². The zero-order chi connectivity index (χ0) is 12.3. The summed E-state index contributed by atoms with van der Waals surface area (Å²) in [7, 11) is 1.94. The molecule has 0 aromatic heterocycles. The topological polar surface area (TPSA) is 49.8 Å². The van der Waals surface area contributed by atoms with E-state index in [1.165, 1.54) is 0 Å². The number of carboxylic acid groups (broad SMARTS) is 1. The van der Waals surface area contributed by atoms with Crippen LogP contribution in [0.25, 0.3) is 0 Å². The summed E-state index contributed by atoms with van der Waals surface area (Å²) in [5.41, 5.74) is 1.32. The fraction of sp³-hybridized carbons (Fsp3) is 0.583. The van der Waals surface area contributed by atoms with Gasteiger partial charge in [0, 0.05) is 18.2 Å². The van der Waals surface area contributed by atoms with Crippen LogP contribution in [0.1, 0.15) is 20.8 Å². The van der Waals surface area contributed by atoms with Crippen LogP contribution in [0, 0.1) is 5.41 Å². The van der Waals surface area contributed by atoms with Crippen LogP contribution in [0.5, 0.6) is 0 Å². The van der Waals surface area contributed by atoms with Crippen molar-refractivity contribution in [3.63, 3.8) is 0 Å². The third-order valence-corrected chi connectivity index (χ3v) is 2.44. The molecule has 1 heterocycles. The normalized spacial score (nSPS) is 21.6. The molecule has 0 radical (unpaired) electrons. The predicted octanol–water partition coefficient (Wildman–Crippen LogP) is 1.85. The number of allylic oxidation sites excluding steroid dienone is 3. The van der Waals surface area contributed by atoms with Crippen molar-refractivity contribution in [1.29, 1.82) is 0 Å². The number of carbonyl (C=O) groups is 1. The van der Waals surface area contributed by atoms with Crippen molar-refractivity contribution in [2.75, 3.05) is 20.4 Å². The van der Waals surface area contributed by atoms with Crippen molar-refractivity contribution in [1.82, 2.24) is 4.90 Å². The van der Waals surface area contributed by atoms with Gasteiger partial charge in [-0.05, 0) is 12.2 Å². The Labute approximate surface area is 96.2 Å². The minimum Gasteiger partial charge on any atom is -0.478 e. The van der Waals surface area contributed by atoms with Gasteiger partial charge in [-0.1, -0.05) is 20.8 Å². The fourth-order valence-electron chi connectivity index (χ4n) is 1.67. The van der Waals surface area contributed by atoms with E-state index in [-0.39, 0.29) is 17.6 Å². The second-order valence-corrected chi connectivity index (χ2v) is 4.97. The van der Waals surface area contributed by atoms with E-state index < -0.39 is 5.97 Å². The molecule has 0 aromatic carbocycles. The molecule has 4 nitrogen and oxygen atoms in total. The molecular weight excluding hydrogens is 206 g/mol. The first-order valence-corrected chi connectivity index (χ1v) is 5.26. The van der Waals surface area contributed by atoms with Gasteiger partial charge >= 0.3 is 5.97 Å². The Kier molecular flexibility index (Phi) is 3.75. The van der Waals surface area contributed by atoms with E-state index in [0.29, 0.717) is 6.73 Å². The van der Waals surface area contributed by atoms with Gasteiger partial charge in [-0.2, -0.15) is 0 Å². The second kappa shape index (κ2) is 4.70. The first-order chi connectivity index (χ1) is 7.32. The molecule has 0 amide bonds. The lowest BCUT2D eigenvalue weighted by atomic mass is 9.90.